The first-order valence-corrected chi connectivity index (χ1v) is 9.14. The van der Waals surface area contributed by atoms with Gasteiger partial charge in [-0.2, -0.15) is 0 Å². The van der Waals surface area contributed by atoms with E-state index in [9.17, 15) is 0 Å². The van der Waals surface area contributed by atoms with Crippen LogP contribution in [0.3, 0.4) is 0 Å². The molecule has 3 unspecified atom stereocenters. The van der Waals surface area contributed by atoms with Gasteiger partial charge in [0, 0.05) is 37.3 Å². The second kappa shape index (κ2) is 5.19. The molecule has 0 aromatic rings. The Morgan fingerprint density at radius 1 is 1.05 bits per heavy atom. The monoisotopic (exact) mass is 308 g/mol. The van der Waals surface area contributed by atoms with Crippen LogP contribution >= 0.6 is 0 Å². The topological polar surface area (TPSA) is 15.7 Å². The lowest BCUT2D eigenvalue weighted by Gasteiger charge is -2.48. The molecule has 22 heavy (non-hydrogen) atoms. The average molecular weight is 309 g/mol. The minimum Gasteiger partial charge on any atom is -0.379 e. The van der Waals surface area contributed by atoms with Gasteiger partial charge in [-0.1, -0.05) is 27.7 Å². The Balaban J connectivity index is 1.86. The Morgan fingerprint density at radius 3 is 2.14 bits per heavy atom. The number of morpholine rings is 1. The van der Waals surface area contributed by atoms with E-state index >= 15 is 0 Å². The van der Waals surface area contributed by atoms with Crippen molar-refractivity contribution in [2.24, 2.45) is 16.7 Å². The van der Waals surface area contributed by atoms with Gasteiger partial charge in [0.2, 0.25) is 0 Å². The Hall–Kier alpha value is -0.120. The normalized spacial score (nSPS) is 40.8. The summed E-state index contributed by atoms with van der Waals surface area (Å²) in [6.45, 7) is 22.4. The highest BCUT2D eigenvalue weighted by Crippen LogP contribution is 2.66. The van der Waals surface area contributed by atoms with E-state index in [4.69, 9.17) is 4.74 Å². The summed E-state index contributed by atoms with van der Waals surface area (Å²) >= 11 is 0. The molecule has 1 aliphatic carbocycles. The predicted octanol–water partition coefficient (Wildman–Crippen LogP) is 3.24. The molecule has 1 saturated carbocycles. The maximum atomic E-state index is 5.54. The van der Waals surface area contributed by atoms with E-state index in [1.807, 2.05) is 0 Å². The zero-order valence-electron chi connectivity index (χ0n) is 15.8. The number of rotatable bonds is 2. The Kier molecular flexibility index (Phi) is 3.95. The number of nitrogens with zero attached hydrogens (tertiary/aromatic N) is 2. The fourth-order valence-electron chi connectivity index (χ4n) is 5.20. The summed E-state index contributed by atoms with van der Waals surface area (Å²) in [5.41, 5.74) is 1.13. The SMILES string of the molecule is CC12CC1N(C(C)(C)C)[C@H](C(C)(C)C)C2CN1CCOCC1. The lowest BCUT2D eigenvalue weighted by Crippen LogP contribution is -2.56. The van der Waals surface area contributed by atoms with Gasteiger partial charge in [-0.3, -0.25) is 9.80 Å². The van der Waals surface area contributed by atoms with Gasteiger partial charge in [0.15, 0.2) is 0 Å². The van der Waals surface area contributed by atoms with Gasteiger partial charge in [-0.15, -0.1) is 0 Å². The minimum atomic E-state index is 0.264. The number of hydrogen-bond donors (Lipinski definition) is 0. The second-order valence-electron chi connectivity index (χ2n) is 10.1. The van der Waals surface area contributed by atoms with Crippen molar-refractivity contribution in [3.63, 3.8) is 0 Å². The molecule has 2 aliphatic heterocycles. The number of fused-ring (bicyclic) bond motifs is 1. The fraction of sp³-hybridized carbons (Fsp3) is 1.00. The van der Waals surface area contributed by atoms with Gasteiger partial charge in [0.1, 0.15) is 0 Å². The largest absolute Gasteiger partial charge is 0.379 e. The molecule has 0 N–H and O–H groups in total. The van der Waals surface area contributed by atoms with Crippen LogP contribution in [0.15, 0.2) is 0 Å². The van der Waals surface area contributed by atoms with Crippen LogP contribution in [0.5, 0.6) is 0 Å². The maximum Gasteiger partial charge on any atom is 0.0594 e. The van der Waals surface area contributed by atoms with Crippen molar-refractivity contribution < 1.29 is 4.74 Å². The first-order chi connectivity index (χ1) is 10.0. The van der Waals surface area contributed by atoms with Crippen molar-refractivity contribution >= 4 is 0 Å². The molecule has 0 aromatic heterocycles. The van der Waals surface area contributed by atoms with Crippen LogP contribution in [0.2, 0.25) is 0 Å². The van der Waals surface area contributed by atoms with Crippen LogP contribution in [0.25, 0.3) is 0 Å². The van der Waals surface area contributed by atoms with Crippen LogP contribution in [-0.4, -0.2) is 60.3 Å². The molecule has 0 radical (unpaired) electrons. The molecule has 3 heteroatoms. The third kappa shape index (κ3) is 2.74. The molecule has 0 bridgehead atoms. The number of hydrogen-bond acceptors (Lipinski definition) is 3. The molecule has 2 saturated heterocycles. The molecule has 3 fully saturated rings. The highest BCUT2D eigenvalue weighted by molar-refractivity contribution is 5.23. The van der Waals surface area contributed by atoms with Gasteiger partial charge in [0.25, 0.3) is 0 Å². The molecule has 0 aromatic carbocycles. The van der Waals surface area contributed by atoms with E-state index in [-0.39, 0.29) is 5.54 Å². The van der Waals surface area contributed by atoms with Crippen molar-refractivity contribution in [2.45, 2.75) is 72.5 Å². The highest BCUT2D eigenvalue weighted by atomic mass is 16.5. The van der Waals surface area contributed by atoms with Gasteiger partial charge in [-0.05, 0) is 43.9 Å². The van der Waals surface area contributed by atoms with Crippen LogP contribution < -0.4 is 0 Å². The zero-order valence-corrected chi connectivity index (χ0v) is 15.8. The maximum absolute atomic E-state index is 5.54. The van der Waals surface area contributed by atoms with Crippen molar-refractivity contribution in [1.29, 1.82) is 0 Å². The van der Waals surface area contributed by atoms with Crippen LogP contribution in [0, 0.1) is 16.7 Å². The van der Waals surface area contributed by atoms with E-state index in [0.717, 1.165) is 38.3 Å². The van der Waals surface area contributed by atoms with Gasteiger partial charge >= 0.3 is 0 Å². The molecular weight excluding hydrogens is 272 g/mol. The summed E-state index contributed by atoms with van der Waals surface area (Å²) in [6.07, 6.45) is 1.39. The van der Waals surface area contributed by atoms with Crippen LogP contribution in [0.1, 0.15) is 54.9 Å². The lowest BCUT2D eigenvalue weighted by atomic mass is 9.73. The standard InChI is InChI=1S/C19H36N2O/c1-17(2,3)16-14(13-20-8-10-22-11-9-20)19(7)12-15(19)21(16)18(4,5)6/h14-16H,8-13H2,1-7H3/t14?,15?,16-,19?/m0/s1. The number of piperidine rings is 1. The molecular formula is C19H36N2O. The molecule has 3 aliphatic rings. The van der Waals surface area contributed by atoms with E-state index in [1.54, 1.807) is 0 Å². The molecule has 0 amide bonds. The zero-order chi connectivity index (χ0) is 16.3. The number of ether oxygens (including phenoxy) is 1. The van der Waals surface area contributed by atoms with E-state index in [2.05, 4.69) is 58.3 Å². The first-order valence-electron chi connectivity index (χ1n) is 9.14. The minimum absolute atomic E-state index is 0.264. The third-order valence-corrected chi connectivity index (χ3v) is 6.32. The summed E-state index contributed by atoms with van der Waals surface area (Å²) in [6, 6.07) is 1.47. The average Bonchev–Trinajstić information content (AvgIpc) is 2.97. The molecule has 3 rings (SSSR count). The van der Waals surface area contributed by atoms with E-state index < -0.39 is 0 Å². The molecule has 2 heterocycles. The van der Waals surface area contributed by atoms with Crippen LogP contribution in [0.4, 0.5) is 0 Å². The second-order valence-corrected chi connectivity index (χ2v) is 10.1. The number of likely N-dealkylation sites (tertiary alicyclic amines) is 1. The van der Waals surface area contributed by atoms with Gasteiger partial charge in [0.05, 0.1) is 13.2 Å². The van der Waals surface area contributed by atoms with Crippen molar-refractivity contribution in [1.82, 2.24) is 9.80 Å². The lowest BCUT2D eigenvalue weighted by molar-refractivity contribution is -0.0140. The molecule has 4 atom stereocenters. The van der Waals surface area contributed by atoms with Crippen molar-refractivity contribution in [2.75, 3.05) is 32.8 Å². The summed E-state index contributed by atoms with van der Waals surface area (Å²) < 4.78 is 5.54. The Labute approximate surface area is 137 Å². The summed E-state index contributed by atoms with van der Waals surface area (Å²) in [5, 5.41) is 0. The molecule has 128 valence electrons. The predicted molar refractivity (Wildman–Crippen MR) is 92.1 cm³/mol. The van der Waals surface area contributed by atoms with E-state index in [0.29, 0.717) is 16.9 Å². The summed E-state index contributed by atoms with van der Waals surface area (Å²) in [7, 11) is 0. The summed E-state index contributed by atoms with van der Waals surface area (Å²) in [5.74, 6) is 0.787. The fourth-order valence-corrected chi connectivity index (χ4v) is 5.20. The van der Waals surface area contributed by atoms with E-state index in [1.165, 1.54) is 13.0 Å². The van der Waals surface area contributed by atoms with Gasteiger partial charge < -0.3 is 4.74 Å². The Morgan fingerprint density at radius 2 is 1.64 bits per heavy atom. The highest BCUT2D eigenvalue weighted by Gasteiger charge is 2.70. The third-order valence-electron chi connectivity index (χ3n) is 6.32. The van der Waals surface area contributed by atoms with Crippen molar-refractivity contribution in [3.8, 4) is 0 Å². The van der Waals surface area contributed by atoms with Gasteiger partial charge in [-0.25, -0.2) is 0 Å². The molecule has 3 nitrogen and oxygen atoms in total. The Bertz CT molecular complexity index is 416. The summed E-state index contributed by atoms with van der Waals surface area (Å²) in [4.78, 5) is 5.53. The smallest absolute Gasteiger partial charge is 0.0594 e. The van der Waals surface area contributed by atoms with Crippen LogP contribution in [-0.2, 0) is 4.74 Å². The van der Waals surface area contributed by atoms with Crippen molar-refractivity contribution in [3.05, 3.63) is 0 Å². The first kappa shape index (κ1) is 16.7. The quantitative estimate of drug-likeness (QED) is 0.779. The molecule has 0 spiro atoms.